The number of aryl methyl sites for hydroxylation is 1. The zero-order valence-corrected chi connectivity index (χ0v) is 12.8. The Bertz CT molecular complexity index is 435. The fraction of sp³-hybridized carbons (Fsp3) is 0.500. The summed E-state index contributed by atoms with van der Waals surface area (Å²) in [6.07, 6.45) is 1.62. The van der Waals surface area contributed by atoms with Crippen LogP contribution in [0.25, 0.3) is 0 Å². The maximum atomic E-state index is 11.6. The molecule has 0 saturated heterocycles. The van der Waals surface area contributed by atoms with Gasteiger partial charge in [-0.1, -0.05) is 43.1 Å². The molecule has 5 heteroatoms. The molecule has 1 aromatic rings. The standard InChI is InChI=1S/C14H20Cl2N2O/c1-9(2)13(17)14(19)18-7-3-4-10-5-6-11(15)8-12(10)16/h5-6,8-9,13H,3-4,7,17H2,1-2H3,(H,18,19)/t13-/m0/s1. The molecular weight excluding hydrogens is 283 g/mol. The zero-order chi connectivity index (χ0) is 14.4. The number of nitrogens with two attached hydrogens (primary N) is 1. The Labute approximate surface area is 124 Å². The minimum atomic E-state index is -0.445. The molecule has 3 nitrogen and oxygen atoms in total. The molecule has 3 N–H and O–H groups in total. The topological polar surface area (TPSA) is 55.1 Å². The van der Waals surface area contributed by atoms with E-state index < -0.39 is 6.04 Å². The Morgan fingerprint density at radius 2 is 2.05 bits per heavy atom. The Kier molecular flexibility index (Phi) is 6.63. The van der Waals surface area contributed by atoms with Crippen LogP contribution in [-0.2, 0) is 11.2 Å². The van der Waals surface area contributed by atoms with Gasteiger partial charge in [-0.05, 0) is 36.5 Å². The molecule has 0 radical (unpaired) electrons. The van der Waals surface area contributed by atoms with Gasteiger partial charge in [0.1, 0.15) is 0 Å². The van der Waals surface area contributed by atoms with E-state index in [9.17, 15) is 4.79 Å². The molecule has 0 aromatic heterocycles. The minimum Gasteiger partial charge on any atom is -0.355 e. The number of carbonyl (C=O) groups is 1. The first kappa shape index (κ1) is 16.3. The van der Waals surface area contributed by atoms with Gasteiger partial charge in [0.05, 0.1) is 6.04 Å². The monoisotopic (exact) mass is 302 g/mol. The van der Waals surface area contributed by atoms with Gasteiger partial charge in [0.15, 0.2) is 0 Å². The molecule has 0 aliphatic rings. The molecule has 0 fully saturated rings. The van der Waals surface area contributed by atoms with Gasteiger partial charge >= 0.3 is 0 Å². The van der Waals surface area contributed by atoms with Gasteiger partial charge in [-0.25, -0.2) is 0 Å². The van der Waals surface area contributed by atoms with E-state index in [4.69, 9.17) is 28.9 Å². The van der Waals surface area contributed by atoms with E-state index >= 15 is 0 Å². The van der Waals surface area contributed by atoms with Crippen molar-refractivity contribution in [3.05, 3.63) is 33.8 Å². The third-order valence-electron chi connectivity index (χ3n) is 2.96. The van der Waals surface area contributed by atoms with Crippen LogP contribution in [0.4, 0.5) is 0 Å². The molecule has 0 bridgehead atoms. The maximum Gasteiger partial charge on any atom is 0.237 e. The van der Waals surface area contributed by atoms with Gasteiger partial charge in [0, 0.05) is 16.6 Å². The molecule has 1 atom stereocenters. The Balaban J connectivity index is 2.33. The molecule has 0 aliphatic carbocycles. The summed E-state index contributed by atoms with van der Waals surface area (Å²) >= 11 is 11.9. The smallest absolute Gasteiger partial charge is 0.237 e. The van der Waals surface area contributed by atoms with Crippen LogP contribution < -0.4 is 11.1 Å². The molecule has 0 aliphatic heterocycles. The Hall–Kier alpha value is -0.770. The van der Waals surface area contributed by atoms with E-state index in [1.165, 1.54) is 0 Å². The van der Waals surface area contributed by atoms with Crippen molar-refractivity contribution in [2.45, 2.75) is 32.7 Å². The highest BCUT2D eigenvalue weighted by Crippen LogP contribution is 2.21. The van der Waals surface area contributed by atoms with E-state index in [2.05, 4.69) is 5.32 Å². The number of rotatable bonds is 6. The minimum absolute atomic E-state index is 0.0998. The molecule has 1 aromatic carbocycles. The predicted molar refractivity (Wildman–Crippen MR) is 80.6 cm³/mol. The molecule has 0 saturated carbocycles. The first-order valence-electron chi connectivity index (χ1n) is 6.39. The van der Waals surface area contributed by atoms with E-state index in [-0.39, 0.29) is 11.8 Å². The van der Waals surface area contributed by atoms with E-state index in [0.29, 0.717) is 16.6 Å². The first-order valence-corrected chi connectivity index (χ1v) is 7.14. The lowest BCUT2D eigenvalue weighted by Gasteiger charge is -2.15. The molecule has 1 amide bonds. The SMILES string of the molecule is CC(C)[C@H](N)C(=O)NCCCc1ccc(Cl)cc1Cl. The average Bonchev–Trinajstić information content (AvgIpc) is 2.35. The largest absolute Gasteiger partial charge is 0.355 e. The van der Waals surface area contributed by atoms with Crippen molar-refractivity contribution in [2.75, 3.05) is 6.54 Å². The summed E-state index contributed by atoms with van der Waals surface area (Å²) in [7, 11) is 0. The molecular formula is C14H20Cl2N2O. The summed E-state index contributed by atoms with van der Waals surface area (Å²) in [5, 5.41) is 4.13. The summed E-state index contributed by atoms with van der Waals surface area (Å²) < 4.78 is 0. The molecule has 0 unspecified atom stereocenters. The van der Waals surface area contributed by atoms with E-state index in [1.807, 2.05) is 26.0 Å². The Morgan fingerprint density at radius 1 is 1.37 bits per heavy atom. The van der Waals surface area contributed by atoms with Gasteiger partial charge in [0.2, 0.25) is 5.91 Å². The molecule has 0 spiro atoms. The second-order valence-electron chi connectivity index (χ2n) is 4.90. The summed E-state index contributed by atoms with van der Waals surface area (Å²) in [4.78, 5) is 11.6. The van der Waals surface area contributed by atoms with Crippen molar-refractivity contribution in [1.82, 2.24) is 5.32 Å². The number of nitrogens with one attached hydrogen (secondary N) is 1. The first-order chi connectivity index (χ1) is 8.91. The van der Waals surface area contributed by atoms with Crippen LogP contribution in [-0.4, -0.2) is 18.5 Å². The number of hydrogen-bond donors (Lipinski definition) is 2. The number of halogens is 2. The van der Waals surface area contributed by atoms with Crippen LogP contribution in [0, 0.1) is 5.92 Å². The normalized spacial score (nSPS) is 12.5. The lowest BCUT2D eigenvalue weighted by molar-refractivity contribution is -0.123. The van der Waals surface area contributed by atoms with Gasteiger partial charge in [-0.2, -0.15) is 0 Å². The van der Waals surface area contributed by atoms with E-state index in [0.717, 1.165) is 18.4 Å². The van der Waals surface area contributed by atoms with Crippen LogP contribution in [0.5, 0.6) is 0 Å². The van der Waals surface area contributed by atoms with Crippen molar-refractivity contribution in [3.63, 3.8) is 0 Å². The number of amides is 1. The van der Waals surface area contributed by atoms with Gasteiger partial charge in [-0.15, -0.1) is 0 Å². The summed E-state index contributed by atoms with van der Waals surface area (Å²) in [5.74, 6) is 0.0444. The number of hydrogen-bond acceptors (Lipinski definition) is 2. The predicted octanol–water partition coefficient (Wildman–Crippen LogP) is 3.03. The third-order valence-corrected chi connectivity index (χ3v) is 3.55. The second-order valence-corrected chi connectivity index (χ2v) is 5.74. The zero-order valence-electron chi connectivity index (χ0n) is 11.2. The van der Waals surface area contributed by atoms with Crippen molar-refractivity contribution in [1.29, 1.82) is 0 Å². The van der Waals surface area contributed by atoms with Gasteiger partial charge in [0.25, 0.3) is 0 Å². The van der Waals surface area contributed by atoms with Crippen LogP contribution in [0.2, 0.25) is 10.0 Å². The summed E-state index contributed by atoms with van der Waals surface area (Å²) in [5.41, 5.74) is 6.78. The lowest BCUT2D eigenvalue weighted by Crippen LogP contribution is -2.44. The molecule has 106 valence electrons. The highest BCUT2D eigenvalue weighted by Gasteiger charge is 2.16. The maximum absolute atomic E-state index is 11.6. The Morgan fingerprint density at radius 3 is 2.63 bits per heavy atom. The summed E-state index contributed by atoms with van der Waals surface area (Å²) in [6, 6.07) is 5.01. The van der Waals surface area contributed by atoms with Crippen molar-refractivity contribution >= 4 is 29.1 Å². The van der Waals surface area contributed by atoms with Crippen LogP contribution in [0.1, 0.15) is 25.8 Å². The second kappa shape index (κ2) is 7.73. The van der Waals surface area contributed by atoms with Crippen molar-refractivity contribution < 1.29 is 4.79 Å². The highest BCUT2D eigenvalue weighted by atomic mass is 35.5. The lowest BCUT2D eigenvalue weighted by atomic mass is 10.0. The average molecular weight is 303 g/mol. The molecule has 0 heterocycles. The fourth-order valence-electron chi connectivity index (χ4n) is 1.64. The third kappa shape index (κ3) is 5.39. The van der Waals surface area contributed by atoms with Crippen molar-refractivity contribution in [2.24, 2.45) is 11.7 Å². The van der Waals surface area contributed by atoms with Crippen LogP contribution in [0.3, 0.4) is 0 Å². The molecule has 1 rings (SSSR count). The van der Waals surface area contributed by atoms with Crippen molar-refractivity contribution in [3.8, 4) is 0 Å². The van der Waals surface area contributed by atoms with E-state index in [1.54, 1.807) is 6.07 Å². The highest BCUT2D eigenvalue weighted by molar-refractivity contribution is 6.35. The van der Waals surface area contributed by atoms with Crippen LogP contribution in [0.15, 0.2) is 18.2 Å². The molecule has 19 heavy (non-hydrogen) atoms. The quantitative estimate of drug-likeness (QED) is 0.794. The number of carbonyl (C=O) groups excluding carboxylic acids is 1. The summed E-state index contributed by atoms with van der Waals surface area (Å²) in [6.45, 7) is 4.45. The van der Waals surface area contributed by atoms with Gasteiger partial charge in [-0.3, -0.25) is 4.79 Å². The van der Waals surface area contributed by atoms with Gasteiger partial charge < -0.3 is 11.1 Å². The fourth-order valence-corrected chi connectivity index (χ4v) is 2.14. The van der Waals surface area contributed by atoms with Crippen LogP contribution >= 0.6 is 23.2 Å². The number of benzene rings is 1.